The number of nitrogens with one attached hydrogen (secondary N) is 1. The van der Waals surface area contributed by atoms with Crippen LogP contribution in [0.5, 0.6) is 0 Å². The molecule has 0 aliphatic carbocycles. The fourth-order valence-corrected chi connectivity index (χ4v) is 1.67. The number of unbranched alkanes of at least 4 members (excludes halogenated alkanes) is 1. The van der Waals surface area contributed by atoms with E-state index in [-0.39, 0.29) is 0 Å². The second kappa shape index (κ2) is 5.55. The van der Waals surface area contributed by atoms with Gasteiger partial charge in [-0.15, -0.1) is 0 Å². The average Bonchev–Trinajstić information content (AvgIpc) is 2.05. The Morgan fingerprint density at radius 3 is 3.00 bits per heavy atom. The van der Waals surface area contributed by atoms with E-state index < -0.39 is 0 Å². The van der Waals surface area contributed by atoms with Gasteiger partial charge >= 0.3 is 0 Å². The Bertz CT molecular complexity index is 116. The minimum atomic E-state index is 0.456. The van der Waals surface area contributed by atoms with Crippen molar-refractivity contribution >= 4 is 0 Å². The van der Waals surface area contributed by atoms with Crippen molar-refractivity contribution < 1.29 is 4.74 Å². The van der Waals surface area contributed by atoms with E-state index in [1.54, 1.807) is 0 Å². The molecule has 1 heterocycles. The molecule has 0 aromatic rings. The molecule has 2 unspecified atom stereocenters. The lowest BCUT2D eigenvalue weighted by Gasteiger charge is -2.28. The van der Waals surface area contributed by atoms with Gasteiger partial charge in [0, 0.05) is 12.6 Å². The highest BCUT2D eigenvalue weighted by atomic mass is 16.5. The zero-order valence-corrected chi connectivity index (χ0v) is 8.31. The molecule has 2 nitrogen and oxygen atoms in total. The quantitative estimate of drug-likeness (QED) is 0.653. The third-order valence-electron chi connectivity index (χ3n) is 2.45. The molecule has 0 aromatic heterocycles. The SMILES string of the molecule is CCCCNC1CCOC(C)C1. The van der Waals surface area contributed by atoms with Gasteiger partial charge < -0.3 is 10.1 Å². The van der Waals surface area contributed by atoms with E-state index >= 15 is 0 Å². The Hall–Kier alpha value is -0.0800. The normalized spacial score (nSPS) is 30.5. The third kappa shape index (κ3) is 3.55. The zero-order chi connectivity index (χ0) is 8.81. The van der Waals surface area contributed by atoms with Crippen molar-refractivity contribution in [3.05, 3.63) is 0 Å². The summed E-state index contributed by atoms with van der Waals surface area (Å²) in [6, 6.07) is 0.709. The van der Waals surface area contributed by atoms with Crippen LogP contribution in [0.1, 0.15) is 39.5 Å². The summed E-state index contributed by atoms with van der Waals surface area (Å²) in [7, 11) is 0. The molecule has 2 atom stereocenters. The van der Waals surface area contributed by atoms with Crippen molar-refractivity contribution in [2.75, 3.05) is 13.2 Å². The molecule has 0 saturated carbocycles. The second-order valence-corrected chi connectivity index (χ2v) is 3.71. The van der Waals surface area contributed by atoms with Gasteiger partial charge in [-0.3, -0.25) is 0 Å². The van der Waals surface area contributed by atoms with E-state index in [2.05, 4.69) is 19.2 Å². The van der Waals surface area contributed by atoms with E-state index in [1.807, 2.05) is 0 Å². The maximum absolute atomic E-state index is 5.47. The van der Waals surface area contributed by atoms with E-state index in [9.17, 15) is 0 Å². The van der Waals surface area contributed by atoms with Crippen LogP contribution in [0.15, 0.2) is 0 Å². The van der Waals surface area contributed by atoms with Gasteiger partial charge in [0.1, 0.15) is 0 Å². The Labute approximate surface area is 75.7 Å². The Balaban J connectivity index is 2.06. The van der Waals surface area contributed by atoms with Crippen LogP contribution < -0.4 is 5.32 Å². The summed E-state index contributed by atoms with van der Waals surface area (Å²) in [5.41, 5.74) is 0. The first-order valence-corrected chi connectivity index (χ1v) is 5.18. The standard InChI is InChI=1S/C10H21NO/c1-3-4-6-11-10-5-7-12-9(2)8-10/h9-11H,3-8H2,1-2H3. The van der Waals surface area contributed by atoms with E-state index in [0.29, 0.717) is 12.1 Å². The highest BCUT2D eigenvalue weighted by Crippen LogP contribution is 2.12. The van der Waals surface area contributed by atoms with Crippen LogP contribution in [0.2, 0.25) is 0 Å². The molecule has 0 aromatic carbocycles. The summed E-state index contributed by atoms with van der Waals surface area (Å²) in [5, 5.41) is 3.57. The minimum absolute atomic E-state index is 0.456. The fourth-order valence-electron chi connectivity index (χ4n) is 1.67. The zero-order valence-electron chi connectivity index (χ0n) is 8.31. The molecule has 2 heteroatoms. The summed E-state index contributed by atoms with van der Waals surface area (Å²) in [6.07, 6.45) is 5.41. The van der Waals surface area contributed by atoms with Crippen LogP contribution in [-0.4, -0.2) is 25.3 Å². The summed E-state index contributed by atoms with van der Waals surface area (Å²) in [6.45, 7) is 6.50. The van der Waals surface area contributed by atoms with Gasteiger partial charge in [0.2, 0.25) is 0 Å². The molecular weight excluding hydrogens is 150 g/mol. The van der Waals surface area contributed by atoms with Crippen LogP contribution >= 0.6 is 0 Å². The number of rotatable bonds is 4. The lowest BCUT2D eigenvalue weighted by atomic mass is 10.0. The minimum Gasteiger partial charge on any atom is -0.378 e. The first-order chi connectivity index (χ1) is 5.83. The fraction of sp³-hybridized carbons (Fsp3) is 1.00. The van der Waals surface area contributed by atoms with Crippen molar-refractivity contribution in [1.82, 2.24) is 5.32 Å². The Morgan fingerprint density at radius 1 is 1.50 bits per heavy atom. The molecule has 72 valence electrons. The maximum atomic E-state index is 5.47. The summed E-state index contributed by atoms with van der Waals surface area (Å²) >= 11 is 0. The lowest BCUT2D eigenvalue weighted by Crippen LogP contribution is -2.38. The second-order valence-electron chi connectivity index (χ2n) is 3.71. The smallest absolute Gasteiger partial charge is 0.0561 e. The summed E-state index contributed by atoms with van der Waals surface area (Å²) in [5.74, 6) is 0. The Morgan fingerprint density at radius 2 is 2.33 bits per heavy atom. The average molecular weight is 171 g/mol. The van der Waals surface area contributed by atoms with Crippen molar-refractivity contribution in [1.29, 1.82) is 0 Å². The number of hydrogen-bond acceptors (Lipinski definition) is 2. The van der Waals surface area contributed by atoms with Crippen LogP contribution in [0.3, 0.4) is 0 Å². The van der Waals surface area contributed by atoms with Gasteiger partial charge in [0.25, 0.3) is 0 Å². The van der Waals surface area contributed by atoms with Crippen LogP contribution in [0.4, 0.5) is 0 Å². The van der Waals surface area contributed by atoms with Crippen molar-refractivity contribution in [2.24, 2.45) is 0 Å². The first kappa shape index (κ1) is 10.0. The maximum Gasteiger partial charge on any atom is 0.0561 e. The summed E-state index contributed by atoms with van der Waals surface area (Å²) < 4.78 is 5.47. The third-order valence-corrected chi connectivity index (χ3v) is 2.45. The molecule has 0 radical (unpaired) electrons. The van der Waals surface area contributed by atoms with Gasteiger partial charge in [-0.2, -0.15) is 0 Å². The molecular formula is C10H21NO. The monoisotopic (exact) mass is 171 g/mol. The van der Waals surface area contributed by atoms with Crippen molar-refractivity contribution in [2.45, 2.75) is 51.7 Å². The molecule has 0 spiro atoms. The topological polar surface area (TPSA) is 21.3 Å². The van der Waals surface area contributed by atoms with Crippen molar-refractivity contribution in [3.63, 3.8) is 0 Å². The van der Waals surface area contributed by atoms with Gasteiger partial charge in [-0.1, -0.05) is 13.3 Å². The van der Waals surface area contributed by atoms with Gasteiger partial charge in [0.15, 0.2) is 0 Å². The molecule has 0 bridgehead atoms. The highest BCUT2D eigenvalue weighted by molar-refractivity contribution is 4.74. The molecule has 1 aliphatic heterocycles. The lowest BCUT2D eigenvalue weighted by molar-refractivity contribution is 0.0134. The largest absolute Gasteiger partial charge is 0.378 e. The van der Waals surface area contributed by atoms with E-state index in [4.69, 9.17) is 4.74 Å². The Kier molecular flexibility index (Phi) is 4.62. The van der Waals surface area contributed by atoms with Gasteiger partial charge in [0.05, 0.1) is 6.10 Å². The number of hydrogen-bond donors (Lipinski definition) is 1. The molecule has 1 fully saturated rings. The van der Waals surface area contributed by atoms with Crippen LogP contribution in [0, 0.1) is 0 Å². The number of ether oxygens (including phenoxy) is 1. The van der Waals surface area contributed by atoms with E-state index in [0.717, 1.165) is 6.61 Å². The predicted octanol–water partition coefficient (Wildman–Crippen LogP) is 1.94. The van der Waals surface area contributed by atoms with Crippen LogP contribution in [0.25, 0.3) is 0 Å². The molecule has 1 rings (SSSR count). The molecule has 1 aliphatic rings. The highest BCUT2D eigenvalue weighted by Gasteiger charge is 2.17. The molecule has 1 N–H and O–H groups in total. The predicted molar refractivity (Wildman–Crippen MR) is 51.3 cm³/mol. The van der Waals surface area contributed by atoms with Crippen LogP contribution in [-0.2, 0) is 4.74 Å². The molecule has 1 saturated heterocycles. The first-order valence-electron chi connectivity index (χ1n) is 5.18. The van der Waals surface area contributed by atoms with Crippen molar-refractivity contribution in [3.8, 4) is 0 Å². The van der Waals surface area contributed by atoms with Gasteiger partial charge in [-0.05, 0) is 32.7 Å². The van der Waals surface area contributed by atoms with Gasteiger partial charge in [-0.25, -0.2) is 0 Å². The molecule has 0 amide bonds. The molecule has 12 heavy (non-hydrogen) atoms. The van der Waals surface area contributed by atoms with E-state index in [1.165, 1.54) is 32.2 Å². The summed E-state index contributed by atoms with van der Waals surface area (Å²) in [4.78, 5) is 0.